The van der Waals surface area contributed by atoms with E-state index in [1.807, 2.05) is 0 Å². The van der Waals surface area contributed by atoms with Crippen LogP contribution in [0, 0.1) is 0 Å². The van der Waals surface area contributed by atoms with Gasteiger partial charge in [-0.2, -0.15) is 0 Å². The number of halogens is 4. The third-order valence-corrected chi connectivity index (χ3v) is 5.91. The second kappa shape index (κ2) is 5.65. The fraction of sp³-hybridized carbons (Fsp3) is 0. The molecule has 0 aromatic heterocycles. The SMILES string of the molecule is O=P(O)(c1cc(Cl)ccc1Cl)c1cc(Cl)ccc1Cl. The lowest BCUT2D eigenvalue weighted by molar-refractivity contribution is 0.501. The highest BCUT2D eigenvalue weighted by atomic mass is 35.5. The van der Waals surface area contributed by atoms with Gasteiger partial charge in [0.25, 0.3) is 7.37 Å². The number of rotatable bonds is 2. The summed E-state index contributed by atoms with van der Waals surface area (Å²) in [5, 5.41) is 0.980. The third-order valence-electron chi connectivity index (χ3n) is 2.47. The maximum Gasteiger partial charge on any atom is 0.261 e. The van der Waals surface area contributed by atoms with Gasteiger partial charge in [-0.15, -0.1) is 0 Å². The minimum absolute atomic E-state index is 0.0332. The van der Waals surface area contributed by atoms with Crippen molar-refractivity contribution in [3.63, 3.8) is 0 Å². The summed E-state index contributed by atoms with van der Waals surface area (Å²) >= 11 is 23.6. The summed E-state index contributed by atoms with van der Waals surface area (Å²) in [4.78, 5) is 10.3. The molecule has 0 fully saturated rings. The van der Waals surface area contributed by atoms with E-state index in [1.165, 1.54) is 36.4 Å². The first-order valence-electron chi connectivity index (χ1n) is 5.06. The van der Waals surface area contributed by atoms with Crippen LogP contribution in [0.4, 0.5) is 0 Å². The van der Waals surface area contributed by atoms with Crippen LogP contribution >= 0.6 is 53.8 Å². The first-order chi connectivity index (χ1) is 8.82. The Morgan fingerprint density at radius 3 is 1.53 bits per heavy atom. The summed E-state index contributed by atoms with van der Waals surface area (Å²) in [7, 11) is -3.96. The van der Waals surface area contributed by atoms with Crippen molar-refractivity contribution >= 4 is 64.4 Å². The lowest BCUT2D eigenvalue weighted by Gasteiger charge is -2.15. The Bertz CT molecular complexity index is 632. The molecule has 2 aromatic carbocycles. The predicted molar refractivity (Wildman–Crippen MR) is 82.0 cm³/mol. The first kappa shape index (κ1) is 15.2. The van der Waals surface area contributed by atoms with Gasteiger partial charge in [-0.1, -0.05) is 46.4 Å². The van der Waals surface area contributed by atoms with Crippen LogP contribution < -0.4 is 10.6 Å². The summed E-state index contributed by atoms with van der Waals surface area (Å²) in [5.74, 6) is 0. The van der Waals surface area contributed by atoms with Crippen molar-refractivity contribution in [1.82, 2.24) is 0 Å². The monoisotopic (exact) mass is 354 g/mol. The molecule has 100 valence electrons. The second-order valence-corrected chi connectivity index (χ2v) is 7.57. The van der Waals surface area contributed by atoms with Crippen molar-refractivity contribution < 1.29 is 9.46 Å². The van der Waals surface area contributed by atoms with Gasteiger partial charge < -0.3 is 4.89 Å². The molecular weight excluding hydrogens is 349 g/mol. The molecule has 0 saturated heterocycles. The lowest BCUT2D eigenvalue weighted by Crippen LogP contribution is -2.17. The molecule has 2 rings (SSSR count). The Labute approximate surface area is 130 Å². The molecule has 1 N–H and O–H groups in total. The molecule has 19 heavy (non-hydrogen) atoms. The third kappa shape index (κ3) is 3.11. The van der Waals surface area contributed by atoms with Crippen LogP contribution in [0.1, 0.15) is 0 Å². The van der Waals surface area contributed by atoms with Crippen LogP contribution in [0.5, 0.6) is 0 Å². The molecular formula is C12H7Cl4O2P. The van der Waals surface area contributed by atoms with Crippen LogP contribution in [0.25, 0.3) is 0 Å². The fourth-order valence-electron chi connectivity index (χ4n) is 1.57. The number of hydrogen-bond acceptors (Lipinski definition) is 1. The highest BCUT2D eigenvalue weighted by Gasteiger charge is 2.29. The first-order valence-corrected chi connectivity index (χ1v) is 8.23. The van der Waals surface area contributed by atoms with E-state index in [-0.39, 0.29) is 20.7 Å². The van der Waals surface area contributed by atoms with Crippen LogP contribution in [0.3, 0.4) is 0 Å². The zero-order valence-electron chi connectivity index (χ0n) is 9.28. The summed E-state index contributed by atoms with van der Waals surface area (Å²) in [6.07, 6.45) is 0. The minimum atomic E-state index is -3.96. The maximum atomic E-state index is 12.6. The standard InChI is InChI=1S/C12H7Cl4O2P/c13-7-1-3-9(15)11(5-7)19(17,18)12-6-8(14)2-4-10(12)16/h1-6H,(H,17,18). The van der Waals surface area contributed by atoms with Gasteiger partial charge in [-0.05, 0) is 36.4 Å². The Kier molecular flexibility index (Phi) is 4.52. The second-order valence-electron chi connectivity index (χ2n) is 3.77. The Morgan fingerprint density at radius 2 is 1.16 bits per heavy atom. The van der Waals surface area contributed by atoms with Crippen LogP contribution in [-0.4, -0.2) is 4.89 Å². The molecule has 0 saturated carbocycles. The van der Waals surface area contributed by atoms with E-state index in [9.17, 15) is 9.46 Å². The van der Waals surface area contributed by atoms with E-state index in [2.05, 4.69) is 0 Å². The molecule has 0 radical (unpaired) electrons. The van der Waals surface area contributed by atoms with Crippen molar-refractivity contribution in [2.45, 2.75) is 0 Å². The molecule has 0 aliphatic carbocycles. The van der Waals surface area contributed by atoms with E-state index in [0.29, 0.717) is 10.0 Å². The van der Waals surface area contributed by atoms with Crippen LogP contribution in [0.2, 0.25) is 20.1 Å². The normalized spacial score (nSPS) is 11.6. The highest BCUT2D eigenvalue weighted by molar-refractivity contribution is 7.74. The van der Waals surface area contributed by atoms with Gasteiger partial charge in [0.1, 0.15) is 0 Å². The molecule has 7 heteroatoms. The van der Waals surface area contributed by atoms with E-state index >= 15 is 0 Å². The fourth-order valence-corrected chi connectivity index (χ4v) is 4.60. The zero-order valence-corrected chi connectivity index (χ0v) is 13.2. The van der Waals surface area contributed by atoms with Gasteiger partial charge in [0.2, 0.25) is 0 Å². The lowest BCUT2D eigenvalue weighted by atomic mass is 10.3. The predicted octanol–water partition coefficient (Wildman–Crippen LogP) is 4.52. The quantitative estimate of drug-likeness (QED) is 0.804. The summed E-state index contributed by atoms with van der Waals surface area (Å²) in [6, 6.07) is 8.69. The topological polar surface area (TPSA) is 37.3 Å². The summed E-state index contributed by atoms with van der Waals surface area (Å²) in [5.41, 5.74) is 0. The van der Waals surface area contributed by atoms with E-state index in [4.69, 9.17) is 46.4 Å². The van der Waals surface area contributed by atoms with Crippen molar-refractivity contribution in [2.24, 2.45) is 0 Å². The van der Waals surface area contributed by atoms with Gasteiger partial charge >= 0.3 is 0 Å². The molecule has 0 atom stereocenters. The molecule has 2 aromatic rings. The molecule has 0 aliphatic rings. The van der Waals surface area contributed by atoms with Gasteiger partial charge in [0.15, 0.2) is 0 Å². The summed E-state index contributed by atoms with van der Waals surface area (Å²) < 4.78 is 12.6. The maximum absolute atomic E-state index is 12.6. The molecule has 2 nitrogen and oxygen atoms in total. The Morgan fingerprint density at radius 1 is 0.789 bits per heavy atom. The highest BCUT2D eigenvalue weighted by Crippen LogP contribution is 2.43. The molecule has 0 spiro atoms. The molecule has 0 bridgehead atoms. The van der Waals surface area contributed by atoms with E-state index < -0.39 is 7.37 Å². The van der Waals surface area contributed by atoms with Crippen molar-refractivity contribution in [1.29, 1.82) is 0 Å². The van der Waals surface area contributed by atoms with E-state index in [1.54, 1.807) is 0 Å². The van der Waals surface area contributed by atoms with E-state index in [0.717, 1.165) is 0 Å². The van der Waals surface area contributed by atoms with Gasteiger partial charge in [0, 0.05) is 10.0 Å². The largest absolute Gasteiger partial charge is 0.338 e. The Hall–Kier alpha value is -0.210. The van der Waals surface area contributed by atoms with Gasteiger partial charge in [-0.25, -0.2) is 0 Å². The number of benzene rings is 2. The molecule has 0 amide bonds. The van der Waals surface area contributed by atoms with Crippen molar-refractivity contribution in [2.75, 3.05) is 0 Å². The van der Waals surface area contributed by atoms with Crippen LogP contribution in [-0.2, 0) is 4.57 Å². The Balaban J connectivity index is 2.68. The summed E-state index contributed by atoms with van der Waals surface area (Å²) in [6.45, 7) is 0. The smallest absolute Gasteiger partial charge is 0.261 e. The zero-order chi connectivity index (χ0) is 14.2. The van der Waals surface area contributed by atoms with Gasteiger partial charge in [0.05, 0.1) is 20.7 Å². The molecule has 0 aliphatic heterocycles. The van der Waals surface area contributed by atoms with Gasteiger partial charge in [-0.3, -0.25) is 4.57 Å². The average Bonchev–Trinajstić information content (AvgIpc) is 2.35. The van der Waals surface area contributed by atoms with Crippen LogP contribution in [0.15, 0.2) is 36.4 Å². The molecule has 0 unspecified atom stereocenters. The van der Waals surface area contributed by atoms with Crippen molar-refractivity contribution in [3.05, 3.63) is 56.5 Å². The van der Waals surface area contributed by atoms with Crippen molar-refractivity contribution in [3.8, 4) is 0 Å². The minimum Gasteiger partial charge on any atom is -0.338 e. The number of hydrogen-bond donors (Lipinski definition) is 1. The molecule has 0 heterocycles. The average molecular weight is 356 g/mol.